The Labute approximate surface area is 96.8 Å². The topological polar surface area (TPSA) is 78.8 Å². The number of rotatable bonds is 11. The van der Waals surface area contributed by atoms with Gasteiger partial charge in [0.25, 0.3) is 0 Å². The molecule has 0 radical (unpaired) electrons. The molecule has 5 nitrogen and oxygen atoms in total. The molecule has 0 aromatic carbocycles. The van der Waals surface area contributed by atoms with Crippen LogP contribution in [-0.2, 0) is 9.63 Å². The van der Waals surface area contributed by atoms with Gasteiger partial charge in [0.1, 0.15) is 0 Å². The fourth-order valence-corrected chi connectivity index (χ4v) is 1.28. The Kier molecular flexibility index (Phi) is 10.4. The monoisotopic (exact) mass is 233 g/mol. The van der Waals surface area contributed by atoms with E-state index in [9.17, 15) is 4.79 Å². The predicted molar refractivity (Wildman–Crippen MR) is 61.0 cm³/mol. The molecule has 1 atom stereocenters. The van der Waals surface area contributed by atoms with E-state index in [0.29, 0.717) is 6.61 Å². The summed E-state index contributed by atoms with van der Waals surface area (Å²) >= 11 is 0. The zero-order valence-corrected chi connectivity index (χ0v) is 9.95. The average molecular weight is 233 g/mol. The summed E-state index contributed by atoms with van der Waals surface area (Å²) in [5.41, 5.74) is 2.32. The van der Waals surface area contributed by atoms with E-state index in [1.807, 2.05) is 0 Å². The highest BCUT2D eigenvalue weighted by Crippen LogP contribution is 2.04. The van der Waals surface area contributed by atoms with E-state index in [0.717, 1.165) is 12.8 Å². The van der Waals surface area contributed by atoms with Gasteiger partial charge in [-0.2, -0.15) is 5.48 Å². The van der Waals surface area contributed by atoms with Crippen LogP contribution in [0.1, 0.15) is 45.4 Å². The van der Waals surface area contributed by atoms with Gasteiger partial charge < -0.3 is 15.1 Å². The van der Waals surface area contributed by atoms with Gasteiger partial charge in [-0.3, -0.25) is 4.79 Å². The van der Waals surface area contributed by atoms with E-state index in [-0.39, 0.29) is 0 Å². The van der Waals surface area contributed by atoms with Gasteiger partial charge in [0.2, 0.25) is 0 Å². The van der Waals surface area contributed by atoms with Crippen LogP contribution in [0.5, 0.6) is 0 Å². The number of aliphatic carboxylic acids is 1. The molecule has 0 heterocycles. The van der Waals surface area contributed by atoms with Gasteiger partial charge in [0, 0.05) is 0 Å². The quantitative estimate of drug-likeness (QED) is 0.370. The van der Waals surface area contributed by atoms with Crippen molar-refractivity contribution in [2.24, 2.45) is 0 Å². The molecular weight excluding hydrogens is 210 g/mol. The predicted octanol–water partition coefficient (Wildman–Crippen LogP) is 1.31. The molecule has 0 saturated heterocycles. The van der Waals surface area contributed by atoms with Crippen molar-refractivity contribution in [3.63, 3.8) is 0 Å². The summed E-state index contributed by atoms with van der Waals surface area (Å²) in [6.07, 6.45) is 6.95. The third-order valence-corrected chi connectivity index (χ3v) is 2.31. The molecule has 0 fully saturated rings. The minimum Gasteiger partial charge on any atom is -0.480 e. The molecule has 0 aliphatic carbocycles. The van der Waals surface area contributed by atoms with Gasteiger partial charge in [-0.1, -0.05) is 39.0 Å². The van der Waals surface area contributed by atoms with Gasteiger partial charge in [-0.25, -0.2) is 0 Å². The first-order valence-corrected chi connectivity index (χ1v) is 5.93. The SMILES string of the molecule is CCCCCCCCON[C@@H](CO)C(=O)O. The van der Waals surface area contributed by atoms with Crippen molar-refractivity contribution in [1.82, 2.24) is 5.48 Å². The van der Waals surface area contributed by atoms with Gasteiger partial charge in [-0.05, 0) is 6.42 Å². The number of carboxylic acids is 1. The molecule has 0 unspecified atom stereocenters. The second kappa shape index (κ2) is 10.9. The molecule has 0 saturated carbocycles. The molecule has 0 bridgehead atoms. The lowest BCUT2D eigenvalue weighted by Crippen LogP contribution is -2.39. The summed E-state index contributed by atoms with van der Waals surface area (Å²) in [6, 6.07) is -1.03. The van der Waals surface area contributed by atoms with Crippen LogP contribution in [0.3, 0.4) is 0 Å². The van der Waals surface area contributed by atoms with Crippen molar-refractivity contribution in [1.29, 1.82) is 0 Å². The molecular formula is C11H23NO4. The maximum atomic E-state index is 10.5. The molecule has 0 spiro atoms. The fourth-order valence-electron chi connectivity index (χ4n) is 1.28. The van der Waals surface area contributed by atoms with E-state index < -0.39 is 18.6 Å². The molecule has 5 heteroatoms. The van der Waals surface area contributed by atoms with E-state index in [4.69, 9.17) is 15.1 Å². The second-order valence-corrected chi connectivity index (χ2v) is 3.81. The zero-order chi connectivity index (χ0) is 12.2. The summed E-state index contributed by atoms with van der Waals surface area (Å²) in [7, 11) is 0. The number of carbonyl (C=O) groups is 1. The van der Waals surface area contributed by atoms with Crippen LogP contribution < -0.4 is 5.48 Å². The molecule has 0 rings (SSSR count). The minimum absolute atomic E-state index is 0.466. The van der Waals surface area contributed by atoms with Crippen LogP contribution in [0.25, 0.3) is 0 Å². The van der Waals surface area contributed by atoms with Crippen LogP contribution in [0.4, 0.5) is 0 Å². The number of unbranched alkanes of at least 4 members (excludes halogenated alkanes) is 5. The normalized spacial score (nSPS) is 12.6. The molecule has 0 aliphatic heterocycles. The number of hydrogen-bond donors (Lipinski definition) is 3. The van der Waals surface area contributed by atoms with Crippen LogP contribution in [0.15, 0.2) is 0 Å². The largest absolute Gasteiger partial charge is 0.480 e. The smallest absolute Gasteiger partial charge is 0.325 e. The van der Waals surface area contributed by atoms with Crippen LogP contribution >= 0.6 is 0 Å². The molecule has 3 N–H and O–H groups in total. The van der Waals surface area contributed by atoms with Crippen molar-refractivity contribution < 1.29 is 19.8 Å². The van der Waals surface area contributed by atoms with E-state index >= 15 is 0 Å². The first kappa shape index (κ1) is 15.3. The van der Waals surface area contributed by atoms with Gasteiger partial charge in [-0.15, -0.1) is 0 Å². The maximum absolute atomic E-state index is 10.5. The lowest BCUT2D eigenvalue weighted by Gasteiger charge is -2.11. The van der Waals surface area contributed by atoms with Crippen molar-refractivity contribution in [2.75, 3.05) is 13.2 Å². The van der Waals surface area contributed by atoms with Crippen molar-refractivity contribution in [2.45, 2.75) is 51.5 Å². The van der Waals surface area contributed by atoms with Crippen LogP contribution in [0, 0.1) is 0 Å². The third-order valence-electron chi connectivity index (χ3n) is 2.31. The van der Waals surface area contributed by atoms with Crippen molar-refractivity contribution >= 4 is 5.97 Å². The summed E-state index contributed by atoms with van der Waals surface area (Å²) < 4.78 is 0. The maximum Gasteiger partial charge on any atom is 0.325 e. The first-order valence-electron chi connectivity index (χ1n) is 5.93. The highest BCUT2D eigenvalue weighted by molar-refractivity contribution is 5.73. The highest BCUT2D eigenvalue weighted by Gasteiger charge is 2.14. The van der Waals surface area contributed by atoms with E-state index in [2.05, 4.69) is 12.4 Å². The number of aliphatic hydroxyl groups excluding tert-OH is 1. The Morgan fingerprint density at radius 2 is 1.88 bits per heavy atom. The first-order chi connectivity index (χ1) is 7.72. The second-order valence-electron chi connectivity index (χ2n) is 3.81. The van der Waals surface area contributed by atoms with E-state index in [1.165, 1.54) is 25.7 Å². The number of hydroxylamine groups is 1. The van der Waals surface area contributed by atoms with Gasteiger partial charge in [0.05, 0.1) is 13.2 Å². The molecule has 0 aromatic heterocycles. The molecule has 96 valence electrons. The van der Waals surface area contributed by atoms with E-state index in [1.54, 1.807) is 0 Å². The lowest BCUT2D eigenvalue weighted by atomic mass is 10.1. The average Bonchev–Trinajstić information content (AvgIpc) is 2.26. The minimum atomic E-state index is -1.11. The van der Waals surface area contributed by atoms with Gasteiger partial charge >= 0.3 is 5.97 Å². The Morgan fingerprint density at radius 3 is 2.44 bits per heavy atom. The zero-order valence-electron chi connectivity index (χ0n) is 9.95. The third kappa shape index (κ3) is 8.64. The molecule has 0 aromatic rings. The number of carboxylic acid groups (broad SMARTS) is 1. The summed E-state index contributed by atoms with van der Waals surface area (Å²) in [6.45, 7) is 2.19. The molecule has 0 aliphatic rings. The fraction of sp³-hybridized carbons (Fsp3) is 0.909. The van der Waals surface area contributed by atoms with Crippen LogP contribution in [0.2, 0.25) is 0 Å². The van der Waals surface area contributed by atoms with Crippen molar-refractivity contribution in [3.8, 4) is 0 Å². The number of hydrogen-bond acceptors (Lipinski definition) is 4. The standard InChI is InChI=1S/C11H23NO4/c1-2-3-4-5-6-7-8-16-12-10(9-13)11(14)15/h10,12-13H,2-9H2,1H3,(H,14,15)/t10-/m0/s1. The number of aliphatic hydroxyl groups is 1. The molecule has 0 amide bonds. The molecule has 16 heavy (non-hydrogen) atoms. The number of nitrogens with one attached hydrogen (secondary N) is 1. The Bertz CT molecular complexity index is 175. The lowest BCUT2D eigenvalue weighted by molar-refractivity contribution is -0.145. The Balaban J connectivity index is 3.22. The highest BCUT2D eigenvalue weighted by atomic mass is 16.6. The van der Waals surface area contributed by atoms with Crippen molar-refractivity contribution in [3.05, 3.63) is 0 Å². The Morgan fingerprint density at radius 1 is 1.25 bits per heavy atom. The van der Waals surface area contributed by atoms with Crippen LogP contribution in [-0.4, -0.2) is 35.4 Å². The van der Waals surface area contributed by atoms with Gasteiger partial charge in [0.15, 0.2) is 6.04 Å². The summed E-state index contributed by atoms with van der Waals surface area (Å²) in [5, 5.41) is 17.2. The summed E-state index contributed by atoms with van der Waals surface area (Å²) in [4.78, 5) is 15.4. The summed E-state index contributed by atoms with van der Waals surface area (Å²) in [5.74, 6) is -1.11. The Hall–Kier alpha value is -0.650.